The van der Waals surface area contributed by atoms with Gasteiger partial charge in [-0.25, -0.2) is 8.78 Å². The Kier molecular flexibility index (Phi) is 3.18. The highest BCUT2D eigenvalue weighted by atomic mass is 19.1. The van der Waals surface area contributed by atoms with Crippen molar-refractivity contribution in [1.82, 2.24) is 10.2 Å². The maximum Gasteiger partial charge on any atom is 0.168 e. The van der Waals surface area contributed by atoms with Crippen molar-refractivity contribution in [2.24, 2.45) is 0 Å². The lowest BCUT2D eigenvalue weighted by atomic mass is 10.0. The molecule has 3 nitrogen and oxygen atoms in total. The van der Waals surface area contributed by atoms with Crippen LogP contribution in [0.3, 0.4) is 0 Å². The second-order valence-corrected chi connectivity index (χ2v) is 3.51. The number of Topliss-reactive ketones (excluding diaryl/α,β-unsaturated/α-hetero) is 1. The van der Waals surface area contributed by atoms with E-state index >= 15 is 0 Å². The monoisotopic (exact) mass is 234 g/mol. The van der Waals surface area contributed by atoms with Gasteiger partial charge in [-0.3, -0.25) is 4.79 Å². The summed E-state index contributed by atoms with van der Waals surface area (Å²) in [4.78, 5) is 11.7. The maximum absolute atomic E-state index is 12.9. The molecule has 0 radical (unpaired) electrons. The normalized spacial score (nSPS) is 10.2. The fourth-order valence-electron chi connectivity index (χ4n) is 1.46. The van der Waals surface area contributed by atoms with Crippen LogP contribution in [0.5, 0.6) is 0 Å². The molecule has 1 aromatic heterocycles. The number of ketones is 1. The molecule has 5 heteroatoms. The predicted octanol–water partition coefficient (Wildman–Crippen LogP) is 2.18. The second kappa shape index (κ2) is 4.78. The first-order valence-electron chi connectivity index (χ1n) is 4.90. The lowest BCUT2D eigenvalue weighted by molar-refractivity contribution is 0.0992. The summed E-state index contributed by atoms with van der Waals surface area (Å²) in [5, 5.41) is 7.10. The van der Waals surface area contributed by atoms with Crippen LogP contribution < -0.4 is 0 Å². The first-order valence-corrected chi connectivity index (χ1v) is 4.90. The van der Waals surface area contributed by atoms with Crippen molar-refractivity contribution in [2.75, 3.05) is 0 Å². The van der Waals surface area contributed by atoms with Gasteiger partial charge in [0.2, 0.25) is 0 Å². The van der Waals surface area contributed by atoms with Gasteiger partial charge in [0, 0.05) is 18.1 Å². The quantitative estimate of drug-likeness (QED) is 0.764. The molecule has 2 aromatic rings. The number of benzene rings is 1. The number of rotatable bonds is 3. The van der Waals surface area contributed by atoms with Gasteiger partial charge in [0.1, 0.15) is 11.6 Å². The van der Waals surface area contributed by atoms with Crippen molar-refractivity contribution in [1.29, 1.82) is 0 Å². The average molecular weight is 234 g/mol. The van der Waals surface area contributed by atoms with Crippen molar-refractivity contribution in [3.05, 3.63) is 59.4 Å². The highest BCUT2D eigenvalue weighted by Gasteiger charge is 2.09. The SMILES string of the molecule is O=C(Cc1cc(F)cc(F)c1)c1ccnnc1. The van der Waals surface area contributed by atoms with Crippen molar-refractivity contribution >= 4 is 5.78 Å². The number of carbonyl (C=O) groups is 1. The number of hydrogen-bond acceptors (Lipinski definition) is 3. The maximum atomic E-state index is 12.9. The van der Waals surface area contributed by atoms with Gasteiger partial charge in [0.15, 0.2) is 5.78 Å². The molecule has 86 valence electrons. The summed E-state index contributed by atoms with van der Waals surface area (Å²) in [6.07, 6.45) is 2.64. The smallest absolute Gasteiger partial charge is 0.168 e. The molecule has 0 saturated carbocycles. The van der Waals surface area contributed by atoms with Gasteiger partial charge in [0.25, 0.3) is 0 Å². The van der Waals surface area contributed by atoms with Gasteiger partial charge in [-0.05, 0) is 23.8 Å². The van der Waals surface area contributed by atoms with Gasteiger partial charge in [0.05, 0.1) is 12.4 Å². The molecule has 2 rings (SSSR count). The lowest BCUT2D eigenvalue weighted by Crippen LogP contribution is -2.05. The zero-order valence-electron chi connectivity index (χ0n) is 8.73. The van der Waals surface area contributed by atoms with E-state index in [0.717, 1.165) is 18.2 Å². The fraction of sp³-hybridized carbons (Fsp3) is 0.0833. The highest BCUT2D eigenvalue weighted by molar-refractivity contribution is 5.97. The Morgan fingerprint density at radius 3 is 2.41 bits per heavy atom. The number of carbonyl (C=O) groups excluding carboxylic acids is 1. The van der Waals surface area contributed by atoms with Crippen LogP contribution in [0.25, 0.3) is 0 Å². The molecule has 1 heterocycles. The third-order valence-electron chi connectivity index (χ3n) is 2.19. The van der Waals surface area contributed by atoms with E-state index in [0.29, 0.717) is 11.1 Å². The Morgan fingerprint density at radius 2 is 1.82 bits per heavy atom. The van der Waals surface area contributed by atoms with Gasteiger partial charge in [-0.15, -0.1) is 0 Å². The molecule has 0 aliphatic heterocycles. The summed E-state index contributed by atoms with van der Waals surface area (Å²) >= 11 is 0. The van der Waals surface area contributed by atoms with Crippen LogP contribution in [0.1, 0.15) is 15.9 Å². The first-order chi connectivity index (χ1) is 8.15. The van der Waals surface area contributed by atoms with E-state index in [1.165, 1.54) is 18.5 Å². The van der Waals surface area contributed by atoms with Crippen molar-refractivity contribution in [3.63, 3.8) is 0 Å². The Bertz CT molecular complexity index is 523. The van der Waals surface area contributed by atoms with E-state index < -0.39 is 11.6 Å². The highest BCUT2D eigenvalue weighted by Crippen LogP contribution is 2.11. The van der Waals surface area contributed by atoms with Crippen LogP contribution in [-0.2, 0) is 6.42 Å². The number of nitrogens with zero attached hydrogens (tertiary/aromatic N) is 2. The van der Waals surface area contributed by atoms with E-state index in [1.807, 2.05) is 0 Å². The van der Waals surface area contributed by atoms with E-state index in [2.05, 4.69) is 10.2 Å². The molecule has 0 aliphatic carbocycles. The summed E-state index contributed by atoms with van der Waals surface area (Å²) in [7, 11) is 0. The Labute approximate surface area is 96.1 Å². The Balaban J connectivity index is 2.19. The third-order valence-corrected chi connectivity index (χ3v) is 2.19. The summed E-state index contributed by atoms with van der Waals surface area (Å²) in [6, 6.07) is 4.54. The Morgan fingerprint density at radius 1 is 1.12 bits per heavy atom. The lowest BCUT2D eigenvalue weighted by Gasteiger charge is -2.01. The van der Waals surface area contributed by atoms with E-state index in [9.17, 15) is 13.6 Å². The van der Waals surface area contributed by atoms with Gasteiger partial charge < -0.3 is 0 Å². The minimum atomic E-state index is -0.694. The number of hydrogen-bond donors (Lipinski definition) is 0. The molecule has 0 saturated heterocycles. The van der Waals surface area contributed by atoms with E-state index in [1.54, 1.807) is 0 Å². The zero-order chi connectivity index (χ0) is 12.3. The van der Waals surface area contributed by atoms with Crippen LogP contribution >= 0.6 is 0 Å². The minimum absolute atomic E-state index is 0.0691. The van der Waals surface area contributed by atoms with Crippen molar-refractivity contribution in [3.8, 4) is 0 Å². The predicted molar refractivity (Wildman–Crippen MR) is 56.4 cm³/mol. The van der Waals surface area contributed by atoms with Crippen LogP contribution in [0, 0.1) is 11.6 Å². The molecule has 0 unspecified atom stereocenters. The van der Waals surface area contributed by atoms with Crippen LogP contribution in [0.4, 0.5) is 8.78 Å². The summed E-state index contributed by atoms with van der Waals surface area (Å²) in [5.41, 5.74) is 0.661. The molecule has 0 bridgehead atoms. The van der Waals surface area contributed by atoms with Crippen molar-refractivity contribution < 1.29 is 13.6 Å². The summed E-state index contributed by atoms with van der Waals surface area (Å²) in [6.45, 7) is 0. The third kappa shape index (κ3) is 2.90. The Hall–Kier alpha value is -2.17. The van der Waals surface area contributed by atoms with Crippen LogP contribution in [-0.4, -0.2) is 16.0 Å². The van der Waals surface area contributed by atoms with Crippen LogP contribution in [0.2, 0.25) is 0 Å². The molecule has 0 fully saturated rings. The topological polar surface area (TPSA) is 42.9 Å². The molecule has 0 aliphatic rings. The number of halogens is 2. The molecular formula is C12H8F2N2O. The molecule has 0 N–H and O–H groups in total. The van der Waals surface area contributed by atoms with Gasteiger partial charge in [-0.2, -0.15) is 10.2 Å². The molecule has 17 heavy (non-hydrogen) atoms. The van der Waals surface area contributed by atoms with Crippen LogP contribution in [0.15, 0.2) is 36.7 Å². The van der Waals surface area contributed by atoms with E-state index in [-0.39, 0.29) is 12.2 Å². The van der Waals surface area contributed by atoms with Gasteiger partial charge in [-0.1, -0.05) is 0 Å². The van der Waals surface area contributed by atoms with Gasteiger partial charge >= 0.3 is 0 Å². The molecule has 0 atom stereocenters. The average Bonchev–Trinajstić information content (AvgIpc) is 2.28. The molecule has 0 amide bonds. The second-order valence-electron chi connectivity index (χ2n) is 3.51. The molecule has 0 spiro atoms. The molecular weight excluding hydrogens is 226 g/mol. The molecule has 1 aromatic carbocycles. The zero-order valence-corrected chi connectivity index (χ0v) is 8.73. The first kappa shape index (κ1) is 11.3. The standard InChI is InChI=1S/C12H8F2N2O/c13-10-3-8(4-11(14)6-10)5-12(17)9-1-2-15-16-7-9/h1-4,6-7H,5H2. The fourth-order valence-corrected chi connectivity index (χ4v) is 1.46. The summed E-state index contributed by atoms with van der Waals surface area (Å²) in [5.74, 6) is -1.65. The minimum Gasteiger partial charge on any atom is -0.294 e. The van der Waals surface area contributed by atoms with Crippen molar-refractivity contribution in [2.45, 2.75) is 6.42 Å². The number of aromatic nitrogens is 2. The summed E-state index contributed by atoms with van der Waals surface area (Å²) < 4.78 is 25.8. The largest absolute Gasteiger partial charge is 0.294 e. The van der Waals surface area contributed by atoms with E-state index in [4.69, 9.17) is 0 Å².